The van der Waals surface area contributed by atoms with Crippen molar-refractivity contribution in [3.05, 3.63) is 59.2 Å². The molecule has 9 nitrogen and oxygen atoms in total. The van der Waals surface area contributed by atoms with E-state index in [0.29, 0.717) is 32.9 Å². The summed E-state index contributed by atoms with van der Waals surface area (Å²) in [5, 5.41) is 13.7. The van der Waals surface area contributed by atoms with E-state index >= 15 is 0 Å². The zero-order valence-electron chi connectivity index (χ0n) is 23.5. The Morgan fingerprint density at radius 1 is 0.923 bits per heavy atom. The number of aliphatic hydroxyl groups is 1. The van der Waals surface area contributed by atoms with Crippen molar-refractivity contribution in [1.82, 2.24) is 5.32 Å². The Bertz CT molecular complexity index is 990. The summed E-state index contributed by atoms with van der Waals surface area (Å²) in [4.78, 5) is 2.36. The molecule has 0 aliphatic carbocycles. The highest BCUT2D eigenvalue weighted by Crippen LogP contribution is 2.34. The number of rotatable bonds is 15. The first-order valence-corrected chi connectivity index (χ1v) is 13.8. The van der Waals surface area contributed by atoms with Gasteiger partial charge in [-0.2, -0.15) is 0 Å². The molecule has 216 valence electrons. The van der Waals surface area contributed by atoms with Crippen LogP contribution in [0.2, 0.25) is 0 Å². The maximum Gasteiger partial charge on any atom is 0.142 e. The molecule has 1 unspecified atom stereocenters. The van der Waals surface area contributed by atoms with Crippen molar-refractivity contribution in [2.45, 2.75) is 43.9 Å². The predicted octanol–water partition coefficient (Wildman–Crippen LogP) is 2.73. The lowest BCUT2D eigenvalue weighted by atomic mass is 9.85. The highest BCUT2D eigenvalue weighted by molar-refractivity contribution is 5.61. The molecule has 0 bridgehead atoms. The van der Waals surface area contributed by atoms with Gasteiger partial charge in [0.25, 0.3) is 0 Å². The summed E-state index contributed by atoms with van der Waals surface area (Å²) < 4.78 is 34.3. The van der Waals surface area contributed by atoms with Gasteiger partial charge in [-0.05, 0) is 35.2 Å². The van der Waals surface area contributed by atoms with Gasteiger partial charge in [0.15, 0.2) is 0 Å². The second kappa shape index (κ2) is 15.5. The van der Waals surface area contributed by atoms with Crippen LogP contribution in [0.25, 0.3) is 0 Å². The van der Waals surface area contributed by atoms with E-state index in [-0.39, 0.29) is 31.3 Å². The van der Waals surface area contributed by atoms with Gasteiger partial charge in [0.2, 0.25) is 0 Å². The Kier molecular flexibility index (Phi) is 11.8. The number of piperidine rings is 1. The number of aliphatic hydroxyl groups excluding tert-OH is 1. The standard InChI is InChI=1S/C30H44N2O7/c1-34-13-4-11-32-12-14-37-27-10-7-23(15-26(27)32)19-38-28-16-31-17-29(39-21-25(33)20-36-3)30(28)24-8-5-22(6-9-24)18-35-2/h5-10,15,25,28-31,33H,4,11-14,16-21H2,1-3H3/t25?,28-,29-,30+/m0/s1. The van der Waals surface area contributed by atoms with E-state index in [1.807, 2.05) is 6.07 Å². The maximum absolute atomic E-state index is 10.2. The van der Waals surface area contributed by atoms with Crippen LogP contribution < -0.4 is 15.0 Å². The Morgan fingerprint density at radius 3 is 2.44 bits per heavy atom. The first-order chi connectivity index (χ1) is 19.1. The Balaban J connectivity index is 1.48. The number of nitrogens with one attached hydrogen (secondary N) is 1. The maximum atomic E-state index is 10.2. The summed E-state index contributed by atoms with van der Waals surface area (Å²) in [7, 11) is 5.01. The summed E-state index contributed by atoms with van der Waals surface area (Å²) >= 11 is 0. The largest absolute Gasteiger partial charge is 0.490 e. The third kappa shape index (κ3) is 8.38. The zero-order valence-corrected chi connectivity index (χ0v) is 23.5. The average molecular weight is 545 g/mol. The molecule has 1 fully saturated rings. The lowest BCUT2D eigenvalue weighted by Crippen LogP contribution is -2.51. The highest BCUT2D eigenvalue weighted by Gasteiger charge is 2.36. The van der Waals surface area contributed by atoms with Gasteiger partial charge in [-0.3, -0.25) is 0 Å². The molecule has 2 aliphatic rings. The zero-order chi connectivity index (χ0) is 27.5. The molecule has 2 heterocycles. The fraction of sp³-hybridized carbons (Fsp3) is 0.600. The summed E-state index contributed by atoms with van der Waals surface area (Å²) in [5.74, 6) is 0.919. The number of ether oxygens (including phenoxy) is 6. The van der Waals surface area contributed by atoms with Gasteiger partial charge in [0, 0.05) is 53.5 Å². The van der Waals surface area contributed by atoms with E-state index in [1.165, 1.54) is 0 Å². The van der Waals surface area contributed by atoms with E-state index in [0.717, 1.165) is 54.2 Å². The third-order valence-electron chi connectivity index (χ3n) is 7.25. The van der Waals surface area contributed by atoms with Gasteiger partial charge in [-0.15, -0.1) is 0 Å². The van der Waals surface area contributed by atoms with Crippen LogP contribution in [0.5, 0.6) is 5.75 Å². The Morgan fingerprint density at radius 2 is 1.69 bits per heavy atom. The quantitative estimate of drug-likeness (QED) is 0.329. The van der Waals surface area contributed by atoms with Crippen LogP contribution in [-0.2, 0) is 36.9 Å². The molecule has 2 aromatic carbocycles. The lowest BCUT2D eigenvalue weighted by Gasteiger charge is -2.39. The monoisotopic (exact) mass is 544 g/mol. The van der Waals surface area contributed by atoms with Crippen molar-refractivity contribution in [3.63, 3.8) is 0 Å². The molecule has 0 saturated carbocycles. The summed E-state index contributed by atoms with van der Waals surface area (Å²) in [6.07, 6.45) is 0.0272. The molecule has 4 rings (SSSR count). The van der Waals surface area contributed by atoms with Crippen molar-refractivity contribution in [1.29, 1.82) is 0 Å². The smallest absolute Gasteiger partial charge is 0.142 e. The molecular formula is C30H44N2O7. The van der Waals surface area contributed by atoms with Gasteiger partial charge >= 0.3 is 0 Å². The Hall–Kier alpha value is -2.24. The van der Waals surface area contributed by atoms with E-state index in [2.05, 4.69) is 46.6 Å². The molecule has 0 radical (unpaired) electrons. The summed E-state index contributed by atoms with van der Waals surface area (Å²) in [6.45, 7) is 6.09. The third-order valence-corrected chi connectivity index (χ3v) is 7.25. The lowest BCUT2D eigenvalue weighted by molar-refractivity contribution is -0.0856. The first kappa shape index (κ1) is 29.7. The number of benzene rings is 2. The number of hydrogen-bond donors (Lipinski definition) is 2. The van der Waals surface area contributed by atoms with E-state index in [4.69, 9.17) is 28.4 Å². The molecule has 2 aliphatic heterocycles. The average Bonchev–Trinajstić information content (AvgIpc) is 2.96. The van der Waals surface area contributed by atoms with Crippen molar-refractivity contribution in [2.75, 3.05) is 78.8 Å². The van der Waals surface area contributed by atoms with Gasteiger partial charge in [0.05, 0.1) is 50.9 Å². The van der Waals surface area contributed by atoms with Crippen molar-refractivity contribution in [2.24, 2.45) is 0 Å². The number of hydrogen-bond acceptors (Lipinski definition) is 9. The van der Waals surface area contributed by atoms with Gasteiger partial charge in [-0.1, -0.05) is 30.3 Å². The second-order valence-corrected chi connectivity index (χ2v) is 10.2. The topological polar surface area (TPSA) is 90.9 Å². The summed E-state index contributed by atoms with van der Waals surface area (Å²) in [6, 6.07) is 14.8. The van der Waals surface area contributed by atoms with Crippen molar-refractivity contribution in [3.8, 4) is 5.75 Å². The van der Waals surface area contributed by atoms with Crippen LogP contribution in [-0.4, -0.2) is 97.4 Å². The predicted molar refractivity (Wildman–Crippen MR) is 150 cm³/mol. The molecule has 39 heavy (non-hydrogen) atoms. The molecule has 1 saturated heterocycles. The van der Waals surface area contributed by atoms with E-state index in [1.54, 1.807) is 21.3 Å². The minimum Gasteiger partial charge on any atom is -0.490 e. The number of anilines is 1. The van der Waals surface area contributed by atoms with Crippen LogP contribution in [0.3, 0.4) is 0 Å². The number of fused-ring (bicyclic) bond motifs is 1. The van der Waals surface area contributed by atoms with Crippen LogP contribution in [0.4, 0.5) is 5.69 Å². The fourth-order valence-corrected chi connectivity index (χ4v) is 5.34. The highest BCUT2D eigenvalue weighted by atomic mass is 16.5. The normalized spacial score (nSPS) is 21.8. The molecule has 2 aromatic rings. The number of nitrogens with zero attached hydrogens (tertiary/aromatic N) is 1. The molecule has 0 spiro atoms. The fourth-order valence-electron chi connectivity index (χ4n) is 5.34. The molecule has 0 amide bonds. The van der Waals surface area contributed by atoms with Crippen molar-refractivity contribution < 1.29 is 33.5 Å². The second-order valence-electron chi connectivity index (χ2n) is 10.2. The van der Waals surface area contributed by atoms with Gasteiger partial charge in [-0.25, -0.2) is 0 Å². The SMILES string of the molecule is COCCCN1CCOc2ccc(CO[C@H]3CNC[C@H](OCC(O)COC)[C@@H]3c3ccc(COC)cc3)cc21. The first-order valence-electron chi connectivity index (χ1n) is 13.8. The molecular weight excluding hydrogens is 500 g/mol. The Labute approximate surface area is 232 Å². The summed E-state index contributed by atoms with van der Waals surface area (Å²) in [5.41, 5.74) is 4.48. The van der Waals surface area contributed by atoms with Gasteiger partial charge < -0.3 is 43.7 Å². The molecule has 0 aromatic heterocycles. The molecule has 9 heteroatoms. The van der Waals surface area contributed by atoms with Crippen LogP contribution in [0, 0.1) is 0 Å². The minimum atomic E-state index is -0.675. The van der Waals surface area contributed by atoms with Crippen LogP contribution in [0.1, 0.15) is 29.0 Å². The molecule has 4 atom stereocenters. The van der Waals surface area contributed by atoms with Crippen LogP contribution in [0.15, 0.2) is 42.5 Å². The molecule has 2 N–H and O–H groups in total. The minimum absolute atomic E-state index is 0.00379. The van der Waals surface area contributed by atoms with Gasteiger partial charge in [0.1, 0.15) is 18.5 Å². The van der Waals surface area contributed by atoms with E-state index < -0.39 is 6.10 Å². The number of methoxy groups -OCH3 is 3. The van der Waals surface area contributed by atoms with Crippen LogP contribution >= 0.6 is 0 Å². The van der Waals surface area contributed by atoms with Crippen molar-refractivity contribution >= 4 is 5.69 Å². The van der Waals surface area contributed by atoms with E-state index in [9.17, 15) is 5.11 Å².